The molecule has 1 aliphatic rings. The van der Waals surface area contributed by atoms with Gasteiger partial charge < -0.3 is 19.6 Å². The Kier molecular flexibility index (Phi) is 4.54. The molecule has 0 unspecified atom stereocenters. The van der Waals surface area contributed by atoms with Gasteiger partial charge in [0.15, 0.2) is 0 Å². The lowest BCUT2D eigenvalue weighted by atomic mass is 10.3. The van der Waals surface area contributed by atoms with Gasteiger partial charge >= 0.3 is 0 Å². The molecule has 0 aliphatic carbocycles. The van der Waals surface area contributed by atoms with E-state index in [9.17, 15) is 0 Å². The molecule has 0 radical (unpaired) electrons. The monoisotopic (exact) mass is 253 g/mol. The first kappa shape index (κ1) is 13.3. The number of likely N-dealkylation sites (N-methyl/N-ethyl adjacent to an activating group) is 1. The minimum atomic E-state index is 0.491. The van der Waals surface area contributed by atoms with E-state index in [1.807, 2.05) is 0 Å². The number of nitrogens with zero attached hydrogens (tertiary/aromatic N) is 4. The van der Waals surface area contributed by atoms with E-state index in [2.05, 4.69) is 46.2 Å². The van der Waals surface area contributed by atoms with Gasteiger partial charge in [-0.3, -0.25) is 0 Å². The van der Waals surface area contributed by atoms with Gasteiger partial charge in [0.2, 0.25) is 5.89 Å². The van der Waals surface area contributed by atoms with Crippen LogP contribution in [0.1, 0.15) is 19.7 Å². The van der Waals surface area contributed by atoms with E-state index in [4.69, 9.17) is 4.52 Å². The Morgan fingerprint density at radius 2 is 2.00 bits per heavy atom. The quantitative estimate of drug-likeness (QED) is 0.818. The summed E-state index contributed by atoms with van der Waals surface area (Å²) in [5.74, 6) is 1.46. The summed E-state index contributed by atoms with van der Waals surface area (Å²) < 4.78 is 5.27. The van der Waals surface area contributed by atoms with Crippen LogP contribution in [0, 0.1) is 0 Å². The van der Waals surface area contributed by atoms with Gasteiger partial charge in [-0.2, -0.15) is 4.98 Å². The Labute approximate surface area is 108 Å². The van der Waals surface area contributed by atoms with Crippen molar-refractivity contribution in [1.29, 1.82) is 0 Å². The zero-order valence-electron chi connectivity index (χ0n) is 11.5. The largest absolute Gasteiger partial charge is 0.337 e. The summed E-state index contributed by atoms with van der Waals surface area (Å²) in [6.45, 7) is 9.19. The third-order valence-electron chi connectivity index (χ3n) is 3.13. The number of piperazine rings is 1. The van der Waals surface area contributed by atoms with E-state index >= 15 is 0 Å². The van der Waals surface area contributed by atoms with Crippen molar-refractivity contribution in [2.24, 2.45) is 0 Å². The molecule has 0 aromatic carbocycles. The van der Waals surface area contributed by atoms with Crippen LogP contribution in [0.25, 0.3) is 0 Å². The lowest BCUT2D eigenvalue weighted by Gasteiger charge is -2.31. The van der Waals surface area contributed by atoms with Crippen LogP contribution in [0.4, 0.5) is 5.95 Å². The number of hydrogen-bond donors (Lipinski definition) is 1. The smallest absolute Gasteiger partial charge is 0.266 e. The molecule has 0 spiro atoms. The Morgan fingerprint density at radius 3 is 2.67 bits per heavy atom. The van der Waals surface area contributed by atoms with Crippen LogP contribution < -0.4 is 10.2 Å². The predicted octanol–water partition coefficient (Wildman–Crippen LogP) is 0.362. The van der Waals surface area contributed by atoms with Crippen LogP contribution in [-0.2, 0) is 6.42 Å². The SMILES string of the molecule is CC(C)NCCc1nc(N2CCN(C)CC2)no1. The van der Waals surface area contributed by atoms with Crippen molar-refractivity contribution < 1.29 is 4.52 Å². The van der Waals surface area contributed by atoms with E-state index in [0.717, 1.165) is 51.0 Å². The summed E-state index contributed by atoms with van der Waals surface area (Å²) in [4.78, 5) is 8.94. The fourth-order valence-corrected chi connectivity index (χ4v) is 1.95. The van der Waals surface area contributed by atoms with Crippen LogP contribution in [0.15, 0.2) is 4.52 Å². The van der Waals surface area contributed by atoms with E-state index in [0.29, 0.717) is 6.04 Å². The first-order valence-corrected chi connectivity index (χ1v) is 6.64. The minimum Gasteiger partial charge on any atom is -0.337 e. The van der Waals surface area contributed by atoms with E-state index < -0.39 is 0 Å². The molecule has 0 amide bonds. The lowest BCUT2D eigenvalue weighted by molar-refractivity contribution is 0.308. The lowest BCUT2D eigenvalue weighted by Crippen LogP contribution is -2.44. The second-order valence-corrected chi connectivity index (χ2v) is 5.14. The molecule has 102 valence electrons. The average Bonchev–Trinajstić information content (AvgIpc) is 2.78. The molecule has 1 aromatic rings. The Hall–Kier alpha value is -1.14. The van der Waals surface area contributed by atoms with E-state index in [1.165, 1.54) is 0 Å². The Morgan fingerprint density at radius 1 is 1.28 bits per heavy atom. The number of nitrogens with one attached hydrogen (secondary N) is 1. The van der Waals surface area contributed by atoms with Crippen molar-refractivity contribution in [3.63, 3.8) is 0 Å². The summed E-state index contributed by atoms with van der Waals surface area (Å²) >= 11 is 0. The topological polar surface area (TPSA) is 57.4 Å². The highest BCUT2D eigenvalue weighted by Crippen LogP contribution is 2.11. The fraction of sp³-hybridized carbons (Fsp3) is 0.833. The molecule has 6 heteroatoms. The number of anilines is 1. The molecule has 0 atom stereocenters. The van der Waals surface area contributed by atoms with Crippen molar-refractivity contribution in [3.05, 3.63) is 5.89 Å². The minimum absolute atomic E-state index is 0.491. The molecule has 6 nitrogen and oxygen atoms in total. The van der Waals surface area contributed by atoms with E-state index in [-0.39, 0.29) is 0 Å². The number of rotatable bonds is 5. The molecule has 0 bridgehead atoms. The van der Waals surface area contributed by atoms with Gasteiger partial charge in [0.05, 0.1) is 0 Å². The molecule has 1 aromatic heterocycles. The van der Waals surface area contributed by atoms with Gasteiger partial charge in [-0.1, -0.05) is 13.8 Å². The van der Waals surface area contributed by atoms with Crippen molar-refractivity contribution >= 4 is 5.95 Å². The van der Waals surface area contributed by atoms with Gasteiger partial charge in [-0.05, 0) is 12.2 Å². The first-order chi connectivity index (χ1) is 8.65. The Balaban J connectivity index is 1.82. The van der Waals surface area contributed by atoms with Crippen LogP contribution in [0.3, 0.4) is 0 Å². The van der Waals surface area contributed by atoms with E-state index in [1.54, 1.807) is 0 Å². The molecule has 18 heavy (non-hydrogen) atoms. The second kappa shape index (κ2) is 6.15. The third kappa shape index (κ3) is 3.68. The first-order valence-electron chi connectivity index (χ1n) is 6.64. The normalized spacial score (nSPS) is 17.7. The van der Waals surface area contributed by atoms with Crippen molar-refractivity contribution in [2.45, 2.75) is 26.3 Å². The molecule has 1 aliphatic heterocycles. The number of hydrogen-bond acceptors (Lipinski definition) is 6. The highest BCUT2D eigenvalue weighted by Gasteiger charge is 2.18. The van der Waals surface area contributed by atoms with Crippen LogP contribution >= 0.6 is 0 Å². The van der Waals surface area contributed by atoms with Crippen LogP contribution in [-0.4, -0.2) is 60.9 Å². The Bertz CT molecular complexity index is 357. The maximum absolute atomic E-state index is 5.27. The maximum Gasteiger partial charge on any atom is 0.266 e. The standard InChI is InChI=1S/C12H23N5O/c1-10(2)13-5-4-11-14-12(15-18-11)17-8-6-16(3)7-9-17/h10,13H,4-9H2,1-3H3. The van der Waals surface area contributed by atoms with Crippen LogP contribution in [0.5, 0.6) is 0 Å². The summed E-state index contributed by atoms with van der Waals surface area (Å²) in [6, 6.07) is 0.491. The van der Waals surface area contributed by atoms with Gasteiger partial charge in [-0.15, -0.1) is 0 Å². The third-order valence-corrected chi connectivity index (χ3v) is 3.13. The molecular formula is C12H23N5O. The molecule has 1 fully saturated rings. The summed E-state index contributed by atoms with van der Waals surface area (Å²) in [6.07, 6.45) is 0.791. The number of aromatic nitrogens is 2. The summed E-state index contributed by atoms with van der Waals surface area (Å²) in [5, 5.41) is 7.40. The molecule has 0 saturated carbocycles. The highest BCUT2D eigenvalue weighted by molar-refractivity contribution is 5.28. The predicted molar refractivity (Wildman–Crippen MR) is 70.9 cm³/mol. The second-order valence-electron chi connectivity index (χ2n) is 5.14. The average molecular weight is 253 g/mol. The zero-order valence-corrected chi connectivity index (χ0v) is 11.5. The summed E-state index contributed by atoms with van der Waals surface area (Å²) in [7, 11) is 2.14. The van der Waals surface area contributed by atoms with Crippen molar-refractivity contribution in [2.75, 3.05) is 44.7 Å². The van der Waals surface area contributed by atoms with Gasteiger partial charge in [0.25, 0.3) is 5.95 Å². The van der Waals surface area contributed by atoms with Crippen LogP contribution in [0.2, 0.25) is 0 Å². The molecule has 1 saturated heterocycles. The summed E-state index contributed by atoms with van der Waals surface area (Å²) in [5.41, 5.74) is 0. The van der Waals surface area contributed by atoms with Gasteiger partial charge in [-0.25, -0.2) is 0 Å². The molecule has 1 N–H and O–H groups in total. The van der Waals surface area contributed by atoms with Crippen molar-refractivity contribution in [3.8, 4) is 0 Å². The fourth-order valence-electron chi connectivity index (χ4n) is 1.95. The van der Waals surface area contributed by atoms with Gasteiger partial charge in [0, 0.05) is 45.2 Å². The molecular weight excluding hydrogens is 230 g/mol. The molecule has 2 heterocycles. The highest BCUT2D eigenvalue weighted by atomic mass is 16.5. The zero-order chi connectivity index (χ0) is 13.0. The maximum atomic E-state index is 5.27. The van der Waals surface area contributed by atoms with Crippen molar-refractivity contribution in [1.82, 2.24) is 20.4 Å². The molecule has 2 rings (SSSR count). The van der Waals surface area contributed by atoms with Gasteiger partial charge in [0.1, 0.15) is 0 Å².